The van der Waals surface area contributed by atoms with Crippen molar-refractivity contribution in [3.63, 3.8) is 0 Å². The van der Waals surface area contributed by atoms with Gasteiger partial charge in [0.15, 0.2) is 0 Å². The lowest BCUT2D eigenvalue weighted by Gasteiger charge is -2.40. The zero-order valence-electron chi connectivity index (χ0n) is 19.9. The third-order valence-corrected chi connectivity index (χ3v) is 9.78. The number of carbonyl (C=O) groups is 1. The number of likely N-dealkylation sites (tertiary alicyclic amines) is 1. The van der Waals surface area contributed by atoms with Gasteiger partial charge in [-0.15, -0.1) is 0 Å². The molecule has 2 aliphatic heterocycles. The molecule has 0 spiro atoms. The van der Waals surface area contributed by atoms with E-state index in [2.05, 4.69) is 18.7 Å². The maximum atomic E-state index is 13.2. The van der Waals surface area contributed by atoms with Gasteiger partial charge in [-0.1, -0.05) is 6.07 Å². The highest BCUT2D eigenvalue weighted by Crippen LogP contribution is 2.29. The van der Waals surface area contributed by atoms with E-state index in [0.29, 0.717) is 42.9 Å². The average Bonchev–Trinajstić information content (AvgIpc) is 2.83. The minimum absolute atomic E-state index is 0.0712. The molecule has 0 bridgehead atoms. The van der Waals surface area contributed by atoms with Crippen molar-refractivity contribution in [3.8, 4) is 0 Å². The van der Waals surface area contributed by atoms with Gasteiger partial charge >= 0.3 is 0 Å². The van der Waals surface area contributed by atoms with Crippen LogP contribution in [0.25, 0.3) is 0 Å². The van der Waals surface area contributed by atoms with Crippen molar-refractivity contribution in [3.05, 3.63) is 29.3 Å². The van der Waals surface area contributed by atoms with E-state index < -0.39 is 10.0 Å². The molecule has 0 saturated carbocycles. The summed E-state index contributed by atoms with van der Waals surface area (Å²) in [5, 5.41) is 0. The second kappa shape index (κ2) is 9.82. The van der Waals surface area contributed by atoms with E-state index in [1.807, 2.05) is 24.1 Å². The van der Waals surface area contributed by atoms with E-state index in [4.69, 9.17) is 0 Å². The molecule has 0 N–H and O–H groups in total. The van der Waals surface area contributed by atoms with E-state index in [1.54, 1.807) is 10.4 Å². The van der Waals surface area contributed by atoms with Gasteiger partial charge in [-0.3, -0.25) is 4.79 Å². The monoisotopic (exact) mass is 461 g/mol. The van der Waals surface area contributed by atoms with E-state index >= 15 is 0 Å². The number of piperidine rings is 2. The fourth-order valence-corrected chi connectivity index (χ4v) is 7.14. The Morgan fingerprint density at radius 3 is 2.22 bits per heavy atom. The van der Waals surface area contributed by atoms with E-state index in [-0.39, 0.29) is 11.8 Å². The predicted molar refractivity (Wildman–Crippen MR) is 127 cm³/mol. The van der Waals surface area contributed by atoms with Crippen LogP contribution >= 0.6 is 0 Å². The number of benzene rings is 1. The Morgan fingerprint density at radius 1 is 0.969 bits per heavy atom. The molecule has 1 aromatic carbocycles. The second-order valence-electron chi connectivity index (χ2n) is 10.1. The largest absolute Gasteiger partial charge is 0.342 e. The molecule has 4 rings (SSSR count). The highest BCUT2D eigenvalue weighted by Gasteiger charge is 2.35. The van der Waals surface area contributed by atoms with E-state index in [1.165, 1.54) is 17.5 Å². The highest BCUT2D eigenvalue weighted by atomic mass is 32.2. The SMILES string of the molecule is CC(C)N1CCC(N(C)C(=O)C2CCN(S(=O)(=O)c3ccc4c(c3)CCCC4)CC2)CC1. The van der Waals surface area contributed by atoms with Crippen LogP contribution in [0, 0.1) is 5.92 Å². The third kappa shape index (κ3) is 4.90. The molecule has 3 aliphatic rings. The van der Waals surface area contributed by atoms with Crippen LogP contribution in [0.15, 0.2) is 23.1 Å². The molecule has 1 aliphatic carbocycles. The fourth-order valence-electron chi connectivity index (χ4n) is 5.62. The Balaban J connectivity index is 1.34. The summed E-state index contributed by atoms with van der Waals surface area (Å²) in [4.78, 5) is 18.0. The summed E-state index contributed by atoms with van der Waals surface area (Å²) >= 11 is 0. The van der Waals surface area contributed by atoms with Crippen molar-refractivity contribution in [2.24, 2.45) is 5.92 Å². The number of carbonyl (C=O) groups excluding carboxylic acids is 1. The summed E-state index contributed by atoms with van der Waals surface area (Å²) in [6.45, 7) is 7.38. The van der Waals surface area contributed by atoms with Gasteiger partial charge in [0.2, 0.25) is 15.9 Å². The first kappa shape index (κ1) is 23.7. The lowest BCUT2D eigenvalue weighted by Crippen LogP contribution is -2.50. The summed E-state index contributed by atoms with van der Waals surface area (Å²) in [5.74, 6) is 0.122. The standard InChI is InChI=1S/C25H39N3O3S/c1-19(2)27-14-12-23(13-15-27)26(3)25(29)21-10-16-28(17-11-21)32(30,31)24-9-8-20-6-4-5-7-22(20)18-24/h8-9,18-19,21,23H,4-7,10-17H2,1-3H3. The van der Waals surface area contributed by atoms with E-state index in [0.717, 1.165) is 45.2 Å². The van der Waals surface area contributed by atoms with Gasteiger partial charge in [0.1, 0.15) is 0 Å². The lowest BCUT2D eigenvalue weighted by atomic mass is 9.92. The number of hydrogen-bond donors (Lipinski definition) is 0. The lowest BCUT2D eigenvalue weighted by molar-refractivity contribution is -0.138. The van der Waals surface area contributed by atoms with Crippen LogP contribution in [-0.4, -0.2) is 73.7 Å². The molecule has 1 aromatic rings. The summed E-state index contributed by atoms with van der Waals surface area (Å²) in [6, 6.07) is 6.51. The van der Waals surface area contributed by atoms with Crippen molar-refractivity contribution in [1.29, 1.82) is 0 Å². The van der Waals surface area contributed by atoms with Gasteiger partial charge in [-0.25, -0.2) is 8.42 Å². The molecule has 0 radical (unpaired) electrons. The molecule has 0 unspecified atom stereocenters. The summed E-state index contributed by atoms with van der Waals surface area (Å²) in [7, 11) is -1.56. The maximum absolute atomic E-state index is 13.2. The average molecular weight is 462 g/mol. The summed E-state index contributed by atoms with van der Waals surface area (Å²) < 4.78 is 28.1. The minimum atomic E-state index is -3.50. The zero-order valence-corrected chi connectivity index (χ0v) is 20.7. The van der Waals surface area contributed by atoms with Crippen molar-refractivity contribution in [2.75, 3.05) is 33.2 Å². The van der Waals surface area contributed by atoms with Gasteiger partial charge in [0.05, 0.1) is 4.90 Å². The number of fused-ring (bicyclic) bond motifs is 1. The molecule has 2 fully saturated rings. The highest BCUT2D eigenvalue weighted by molar-refractivity contribution is 7.89. The first-order valence-corrected chi connectivity index (χ1v) is 13.8. The van der Waals surface area contributed by atoms with Crippen LogP contribution in [0.5, 0.6) is 0 Å². The van der Waals surface area contributed by atoms with Crippen molar-refractivity contribution < 1.29 is 13.2 Å². The zero-order chi connectivity index (χ0) is 22.9. The molecule has 6 nitrogen and oxygen atoms in total. The molecule has 1 amide bonds. The van der Waals surface area contributed by atoms with Crippen molar-refractivity contribution in [2.45, 2.75) is 82.2 Å². The van der Waals surface area contributed by atoms with Crippen molar-refractivity contribution >= 4 is 15.9 Å². The second-order valence-corrected chi connectivity index (χ2v) is 12.1. The molecule has 178 valence electrons. The van der Waals surface area contributed by atoms with Crippen LogP contribution < -0.4 is 0 Å². The van der Waals surface area contributed by atoms with Crippen LogP contribution in [0.2, 0.25) is 0 Å². The van der Waals surface area contributed by atoms with Crippen LogP contribution in [0.4, 0.5) is 0 Å². The van der Waals surface area contributed by atoms with Crippen molar-refractivity contribution in [1.82, 2.24) is 14.1 Å². The maximum Gasteiger partial charge on any atom is 0.243 e. The summed E-state index contributed by atoms with van der Waals surface area (Å²) in [5.41, 5.74) is 2.48. The number of rotatable bonds is 5. The Bertz CT molecular complexity index is 914. The first-order chi connectivity index (χ1) is 15.3. The first-order valence-electron chi connectivity index (χ1n) is 12.4. The van der Waals surface area contributed by atoms with Gasteiger partial charge < -0.3 is 9.80 Å². The number of aryl methyl sites for hydroxylation is 2. The molecule has 0 aromatic heterocycles. The van der Waals surface area contributed by atoms with Gasteiger partial charge in [-0.2, -0.15) is 4.31 Å². The molecule has 0 atom stereocenters. The topological polar surface area (TPSA) is 60.9 Å². The quantitative estimate of drug-likeness (QED) is 0.675. The third-order valence-electron chi connectivity index (χ3n) is 7.89. The van der Waals surface area contributed by atoms with Gasteiger partial charge in [-0.05, 0) is 88.5 Å². The van der Waals surface area contributed by atoms with E-state index in [9.17, 15) is 13.2 Å². The molecular formula is C25H39N3O3S. The van der Waals surface area contributed by atoms with Crippen LogP contribution in [-0.2, 0) is 27.7 Å². The van der Waals surface area contributed by atoms with Gasteiger partial charge in [0, 0.05) is 51.2 Å². The normalized spacial score (nSPS) is 22.1. The molecule has 2 heterocycles. The smallest absolute Gasteiger partial charge is 0.243 e. The predicted octanol–water partition coefficient (Wildman–Crippen LogP) is 3.30. The number of nitrogens with zero attached hydrogens (tertiary/aromatic N) is 3. The number of sulfonamides is 1. The molecular weight excluding hydrogens is 422 g/mol. The van der Waals surface area contributed by atoms with Crippen LogP contribution in [0.1, 0.15) is 63.5 Å². The Morgan fingerprint density at radius 2 is 1.59 bits per heavy atom. The number of hydrogen-bond acceptors (Lipinski definition) is 4. The fraction of sp³-hybridized carbons (Fsp3) is 0.720. The van der Waals surface area contributed by atoms with Crippen LogP contribution in [0.3, 0.4) is 0 Å². The number of amides is 1. The Kier molecular flexibility index (Phi) is 7.27. The molecule has 7 heteroatoms. The Labute approximate surface area is 194 Å². The molecule has 32 heavy (non-hydrogen) atoms. The van der Waals surface area contributed by atoms with Gasteiger partial charge in [0.25, 0.3) is 0 Å². The minimum Gasteiger partial charge on any atom is -0.342 e. The summed E-state index contributed by atoms with van der Waals surface area (Å²) in [6.07, 6.45) is 7.60. The Hall–Kier alpha value is -1.44. The molecule has 2 saturated heterocycles.